The molecule has 14 heteroatoms. The van der Waals surface area contributed by atoms with Gasteiger partial charge in [-0.2, -0.15) is 0 Å². The molecule has 7 N–H and O–H groups in total. The molecule has 5 atom stereocenters. The number of rotatable bonds is 20. The molecule has 2 amide bonds. The minimum absolute atomic E-state index is 0.0172. The van der Waals surface area contributed by atoms with E-state index in [-0.39, 0.29) is 32.1 Å². The SMILES string of the molecule is CC(=O)N[C@@H]1[C@H](OCCNC(=O)CCOCCOCCOCCOCCN)O[C@H](CO)[C@@H](O)[C@@H]1O. The Hall–Kier alpha value is -1.46. The lowest BCUT2D eigenvalue weighted by Gasteiger charge is -2.42. The van der Waals surface area contributed by atoms with Gasteiger partial charge in [-0.3, -0.25) is 9.59 Å². The molecule has 0 aromatic carbocycles. The molecule has 1 aliphatic heterocycles. The minimum atomic E-state index is -1.39. The van der Waals surface area contributed by atoms with Gasteiger partial charge in [0.05, 0.1) is 66.1 Å². The Morgan fingerprint density at radius 2 is 1.46 bits per heavy atom. The van der Waals surface area contributed by atoms with E-state index >= 15 is 0 Å². The highest BCUT2D eigenvalue weighted by atomic mass is 16.7. The summed E-state index contributed by atoms with van der Waals surface area (Å²) in [6.07, 6.45) is -4.80. The fourth-order valence-electron chi connectivity index (χ4n) is 3.08. The van der Waals surface area contributed by atoms with Crippen LogP contribution in [0.25, 0.3) is 0 Å². The van der Waals surface area contributed by atoms with Crippen molar-refractivity contribution >= 4 is 11.8 Å². The molecule has 1 saturated heterocycles. The highest BCUT2D eigenvalue weighted by Crippen LogP contribution is 2.22. The van der Waals surface area contributed by atoms with E-state index in [0.29, 0.717) is 52.8 Å². The Morgan fingerprint density at radius 1 is 0.886 bits per heavy atom. The number of nitrogens with one attached hydrogen (secondary N) is 2. The lowest BCUT2D eigenvalue weighted by atomic mass is 9.97. The predicted molar refractivity (Wildman–Crippen MR) is 121 cm³/mol. The van der Waals surface area contributed by atoms with Crippen LogP contribution in [0, 0.1) is 0 Å². The van der Waals surface area contributed by atoms with Crippen LogP contribution in [0.4, 0.5) is 0 Å². The van der Waals surface area contributed by atoms with E-state index < -0.39 is 43.2 Å². The highest BCUT2D eigenvalue weighted by molar-refractivity contribution is 5.75. The molecule has 1 aliphatic rings. The van der Waals surface area contributed by atoms with Gasteiger partial charge in [-0.25, -0.2) is 0 Å². The number of aliphatic hydroxyl groups is 3. The molecule has 0 aromatic heterocycles. The minimum Gasteiger partial charge on any atom is -0.394 e. The van der Waals surface area contributed by atoms with E-state index in [9.17, 15) is 24.9 Å². The zero-order chi connectivity index (χ0) is 25.9. The standard InChI is InChI=1S/C21H41N3O11/c1-15(26)24-18-20(29)19(28)16(14-25)35-21(18)34-7-4-23-17(27)2-5-30-8-10-32-12-13-33-11-9-31-6-3-22/h16,18-21,25,28-29H,2-14,22H2,1H3,(H,23,27)(H,24,26)/t16-,18+,19-,20-,21-/m1/s1. The summed E-state index contributed by atoms with van der Waals surface area (Å²) in [7, 11) is 0. The van der Waals surface area contributed by atoms with Gasteiger partial charge >= 0.3 is 0 Å². The monoisotopic (exact) mass is 511 g/mol. The molecule has 0 bridgehead atoms. The van der Waals surface area contributed by atoms with Crippen LogP contribution < -0.4 is 16.4 Å². The summed E-state index contributed by atoms with van der Waals surface area (Å²) in [6.45, 7) is 4.71. The van der Waals surface area contributed by atoms with Crippen molar-refractivity contribution in [1.29, 1.82) is 0 Å². The number of hydrogen-bond acceptors (Lipinski definition) is 12. The van der Waals surface area contributed by atoms with Gasteiger partial charge < -0.3 is 60.1 Å². The topological polar surface area (TPSA) is 200 Å². The van der Waals surface area contributed by atoms with Gasteiger partial charge in [0, 0.05) is 26.4 Å². The molecule has 0 unspecified atom stereocenters. The molecule has 206 valence electrons. The third kappa shape index (κ3) is 14.0. The first kappa shape index (κ1) is 31.6. The first-order valence-electron chi connectivity index (χ1n) is 11.7. The van der Waals surface area contributed by atoms with Crippen molar-refractivity contribution < 1.29 is 53.3 Å². The first-order valence-corrected chi connectivity index (χ1v) is 11.7. The zero-order valence-electron chi connectivity index (χ0n) is 20.3. The Labute approximate surface area is 205 Å². The van der Waals surface area contributed by atoms with Crippen molar-refractivity contribution in [3.63, 3.8) is 0 Å². The van der Waals surface area contributed by atoms with Crippen LogP contribution in [-0.4, -0.2) is 137 Å². The van der Waals surface area contributed by atoms with Gasteiger partial charge in [0.15, 0.2) is 6.29 Å². The summed E-state index contributed by atoms with van der Waals surface area (Å²) in [4.78, 5) is 23.3. The van der Waals surface area contributed by atoms with Gasteiger partial charge in [0.1, 0.15) is 24.4 Å². The fraction of sp³-hybridized carbons (Fsp3) is 0.905. The van der Waals surface area contributed by atoms with E-state index in [4.69, 9.17) is 34.2 Å². The number of aliphatic hydroxyl groups excluding tert-OH is 3. The van der Waals surface area contributed by atoms with Gasteiger partial charge in [-0.1, -0.05) is 0 Å². The second kappa shape index (κ2) is 19.7. The van der Waals surface area contributed by atoms with Crippen LogP contribution in [0.1, 0.15) is 13.3 Å². The maximum Gasteiger partial charge on any atom is 0.222 e. The summed E-state index contributed by atoms with van der Waals surface area (Å²) in [5.74, 6) is -0.691. The van der Waals surface area contributed by atoms with E-state index in [1.54, 1.807) is 0 Å². The molecule has 0 saturated carbocycles. The Morgan fingerprint density at radius 3 is 2.00 bits per heavy atom. The second-order valence-electron chi connectivity index (χ2n) is 7.64. The van der Waals surface area contributed by atoms with E-state index in [2.05, 4.69) is 10.6 Å². The third-order valence-corrected chi connectivity index (χ3v) is 4.81. The van der Waals surface area contributed by atoms with Crippen molar-refractivity contribution in [2.75, 3.05) is 79.2 Å². The molecule has 1 fully saturated rings. The lowest BCUT2D eigenvalue weighted by molar-refractivity contribution is -0.269. The van der Waals surface area contributed by atoms with Crippen molar-refractivity contribution in [3.8, 4) is 0 Å². The quantitative estimate of drug-likeness (QED) is 0.0882. The smallest absolute Gasteiger partial charge is 0.222 e. The Kier molecular flexibility index (Phi) is 17.8. The first-order chi connectivity index (χ1) is 16.9. The van der Waals surface area contributed by atoms with Crippen molar-refractivity contribution in [1.82, 2.24) is 10.6 Å². The summed E-state index contributed by atoms with van der Waals surface area (Å²) in [5, 5.41) is 34.6. The summed E-state index contributed by atoms with van der Waals surface area (Å²) in [5.41, 5.74) is 5.30. The second-order valence-corrected chi connectivity index (χ2v) is 7.64. The van der Waals surface area contributed by atoms with Crippen LogP contribution in [0.3, 0.4) is 0 Å². The number of carbonyl (C=O) groups is 2. The molecule has 0 aliphatic carbocycles. The van der Waals surface area contributed by atoms with Crippen LogP contribution in [0.5, 0.6) is 0 Å². The highest BCUT2D eigenvalue weighted by Gasteiger charge is 2.45. The number of hydrogen-bond donors (Lipinski definition) is 6. The van der Waals surface area contributed by atoms with Crippen molar-refractivity contribution in [3.05, 3.63) is 0 Å². The third-order valence-electron chi connectivity index (χ3n) is 4.81. The van der Waals surface area contributed by atoms with E-state index in [1.165, 1.54) is 6.92 Å². The van der Waals surface area contributed by atoms with Crippen LogP contribution in [-0.2, 0) is 38.0 Å². The van der Waals surface area contributed by atoms with Gasteiger partial charge in [-0.05, 0) is 0 Å². The molecule has 14 nitrogen and oxygen atoms in total. The molecule has 0 spiro atoms. The number of amides is 2. The average Bonchev–Trinajstić information content (AvgIpc) is 2.83. The molecule has 0 radical (unpaired) electrons. The number of nitrogens with two attached hydrogens (primary N) is 1. The molecule has 0 aromatic rings. The van der Waals surface area contributed by atoms with Gasteiger partial charge in [-0.15, -0.1) is 0 Å². The molecular weight excluding hydrogens is 470 g/mol. The maximum absolute atomic E-state index is 11.9. The average molecular weight is 512 g/mol. The van der Waals surface area contributed by atoms with Crippen LogP contribution in [0.2, 0.25) is 0 Å². The zero-order valence-corrected chi connectivity index (χ0v) is 20.3. The molecule has 1 rings (SSSR count). The molecular formula is C21H41N3O11. The van der Waals surface area contributed by atoms with E-state index in [1.807, 2.05) is 0 Å². The molecule has 1 heterocycles. The van der Waals surface area contributed by atoms with Crippen LogP contribution >= 0.6 is 0 Å². The molecule has 35 heavy (non-hydrogen) atoms. The van der Waals surface area contributed by atoms with Crippen molar-refractivity contribution in [2.45, 2.75) is 44.0 Å². The van der Waals surface area contributed by atoms with Gasteiger partial charge in [0.2, 0.25) is 11.8 Å². The Balaban J connectivity index is 2.07. The predicted octanol–water partition coefficient (Wildman–Crippen LogP) is -3.52. The summed E-state index contributed by atoms with van der Waals surface area (Å²) in [6, 6.07) is -1.03. The number of ether oxygens (including phenoxy) is 6. The van der Waals surface area contributed by atoms with Gasteiger partial charge in [0.25, 0.3) is 0 Å². The number of carbonyl (C=O) groups excluding carboxylic acids is 2. The maximum atomic E-state index is 11.9. The fourth-order valence-corrected chi connectivity index (χ4v) is 3.08. The normalized spacial score (nSPS) is 24.3. The van der Waals surface area contributed by atoms with Crippen LogP contribution in [0.15, 0.2) is 0 Å². The largest absolute Gasteiger partial charge is 0.394 e. The Bertz CT molecular complexity index is 573. The van der Waals surface area contributed by atoms with E-state index in [0.717, 1.165) is 0 Å². The lowest BCUT2D eigenvalue weighted by Crippen LogP contribution is -2.64. The summed E-state index contributed by atoms with van der Waals surface area (Å²) < 4.78 is 32.1. The van der Waals surface area contributed by atoms with Crippen molar-refractivity contribution in [2.24, 2.45) is 5.73 Å². The summed E-state index contributed by atoms with van der Waals surface area (Å²) >= 11 is 0.